The lowest BCUT2D eigenvalue weighted by Gasteiger charge is -2.17. The molecule has 0 aliphatic heterocycles. The van der Waals surface area contributed by atoms with E-state index >= 15 is 0 Å². The molecule has 3 rings (SSSR count). The van der Waals surface area contributed by atoms with Gasteiger partial charge in [-0.1, -0.05) is 94.3 Å². The molecule has 0 heterocycles. The van der Waals surface area contributed by atoms with Crippen molar-refractivity contribution in [2.75, 3.05) is 0 Å². The summed E-state index contributed by atoms with van der Waals surface area (Å²) >= 11 is 0. The highest BCUT2D eigenvalue weighted by Gasteiger charge is 2.22. The van der Waals surface area contributed by atoms with Crippen molar-refractivity contribution in [3.8, 4) is 22.3 Å². The molecule has 0 saturated heterocycles. The van der Waals surface area contributed by atoms with Crippen molar-refractivity contribution in [2.24, 2.45) is 0 Å². The number of ketones is 1. The average Bonchev–Trinajstić information content (AvgIpc) is 2.73. The van der Waals surface area contributed by atoms with Crippen LogP contribution in [0.1, 0.15) is 56.0 Å². The molecule has 0 aliphatic rings. The van der Waals surface area contributed by atoms with Gasteiger partial charge in [0.1, 0.15) is 5.82 Å². The van der Waals surface area contributed by atoms with Crippen LogP contribution in [0, 0.1) is 5.82 Å². The van der Waals surface area contributed by atoms with E-state index in [0.717, 1.165) is 23.1 Å². The van der Waals surface area contributed by atoms with Crippen LogP contribution in [0.5, 0.6) is 0 Å². The number of Topliss-reactive ketones (excluding diaryl/α,β-unsaturated/α-hetero) is 1. The van der Waals surface area contributed by atoms with Crippen LogP contribution in [-0.2, 0) is 6.42 Å². The summed E-state index contributed by atoms with van der Waals surface area (Å²) in [4.78, 5) is 12.3. The second-order valence-electron chi connectivity index (χ2n) is 8.48. The number of aryl methyl sites for hydroxylation is 1. The second-order valence-corrected chi connectivity index (χ2v) is 8.48. The maximum absolute atomic E-state index is 14.9. The zero-order valence-corrected chi connectivity index (χ0v) is 18.0. The normalized spacial score (nSPS) is 11.5. The van der Waals surface area contributed by atoms with E-state index in [0.29, 0.717) is 11.1 Å². The lowest BCUT2D eigenvalue weighted by atomic mass is 9.67. The monoisotopic (exact) mass is 398 g/mol. The maximum atomic E-state index is 14.9. The molecule has 0 spiro atoms. The van der Waals surface area contributed by atoms with Crippen LogP contribution in [0.3, 0.4) is 0 Å². The summed E-state index contributed by atoms with van der Waals surface area (Å²) in [6, 6.07) is 20.6. The van der Waals surface area contributed by atoms with Gasteiger partial charge in [0, 0.05) is 11.1 Å². The minimum Gasteiger partial charge on any atom is -0.294 e. The summed E-state index contributed by atoms with van der Waals surface area (Å²) in [7, 11) is 5.89. The summed E-state index contributed by atoms with van der Waals surface area (Å²) in [5, 5.41) is -0.931. The molecule has 0 aliphatic carbocycles. The molecule has 0 fully saturated rings. The molecular formula is C27H28BFO. The van der Waals surface area contributed by atoms with E-state index in [9.17, 15) is 9.18 Å². The van der Waals surface area contributed by atoms with Gasteiger partial charge in [-0.15, -0.1) is 0 Å². The van der Waals surface area contributed by atoms with Crippen molar-refractivity contribution in [1.29, 1.82) is 0 Å². The van der Waals surface area contributed by atoms with Crippen LogP contribution in [0.2, 0.25) is 5.31 Å². The van der Waals surface area contributed by atoms with Gasteiger partial charge < -0.3 is 0 Å². The Labute approximate surface area is 180 Å². The molecule has 0 aromatic heterocycles. The van der Waals surface area contributed by atoms with Crippen LogP contribution in [-0.4, -0.2) is 13.6 Å². The molecule has 0 unspecified atom stereocenters. The lowest BCUT2D eigenvalue weighted by Crippen LogP contribution is -2.17. The highest BCUT2D eigenvalue weighted by molar-refractivity contribution is 6.31. The first-order chi connectivity index (χ1) is 14.3. The quantitative estimate of drug-likeness (QED) is 0.219. The van der Waals surface area contributed by atoms with Gasteiger partial charge >= 0.3 is 0 Å². The van der Waals surface area contributed by atoms with Gasteiger partial charge in [0.2, 0.25) is 0 Å². The molecule has 1 nitrogen and oxygen atoms in total. The Morgan fingerprint density at radius 2 is 1.47 bits per heavy atom. The van der Waals surface area contributed by atoms with Crippen molar-refractivity contribution in [3.05, 3.63) is 83.7 Å². The number of unbranched alkanes of at least 4 members (excludes halogenated alkanes) is 2. The Kier molecular flexibility index (Phi) is 6.92. The Morgan fingerprint density at radius 1 is 0.867 bits per heavy atom. The number of halogens is 1. The number of benzene rings is 3. The second kappa shape index (κ2) is 9.42. The molecule has 0 saturated carbocycles. The van der Waals surface area contributed by atoms with Gasteiger partial charge in [-0.3, -0.25) is 4.79 Å². The predicted octanol–water partition coefficient (Wildman–Crippen LogP) is 7.44. The van der Waals surface area contributed by atoms with E-state index in [-0.39, 0.29) is 11.6 Å². The van der Waals surface area contributed by atoms with Crippen molar-refractivity contribution >= 4 is 13.6 Å². The zero-order chi connectivity index (χ0) is 21.7. The number of rotatable bonds is 8. The summed E-state index contributed by atoms with van der Waals surface area (Å²) in [6.07, 6.45) is 4.74. The Balaban J connectivity index is 1.78. The molecule has 3 aromatic rings. The van der Waals surface area contributed by atoms with E-state index in [4.69, 9.17) is 7.85 Å². The Morgan fingerprint density at radius 3 is 2.03 bits per heavy atom. The van der Waals surface area contributed by atoms with E-state index in [2.05, 4.69) is 31.2 Å². The smallest absolute Gasteiger partial charge is 0.159 e. The van der Waals surface area contributed by atoms with E-state index in [1.54, 1.807) is 50.2 Å². The van der Waals surface area contributed by atoms with Crippen LogP contribution in [0.4, 0.5) is 4.39 Å². The Hall–Kier alpha value is -2.68. The van der Waals surface area contributed by atoms with Crippen molar-refractivity contribution in [2.45, 2.75) is 51.8 Å². The van der Waals surface area contributed by atoms with Crippen molar-refractivity contribution in [3.63, 3.8) is 0 Å². The van der Waals surface area contributed by atoms with Crippen molar-refractivity contribution < 1.29 is 9.18 Å². The minimum absolute atomic E-state index is 0.136. The molecule has 3 aromatic carbocycles. The lowest BCUT2D eigenvalue weighted by molar-refractivity contribution is 0.0949. The predicted molar refractivity (Wildman–Crippen MR) is 125 cm³/mol. The average molecular weight is 398 g/mol. The molecule has 0 amide bonds. The third kappa shape index (κ3) is 5.27. The SMILES string of the molecule is [B]C(C)(C)C(=O)c1ccc(-c2ccc(-c3ccc(CCCCC)cc3)cc2F)cc1. The minimum atomic E-state index is -0.931. The molecule has 2 radical (unpaired) electrons. The van der Waals surface area contributed by atoms with Crippen LogP contribution >= 0.6 is 0 Å². The number of hydrogen-bond donors (Lipinski definition) is 0. The number of carbonyl (C=O) groups is 1. The first-order valence-corrected chi connectivity index (χ1v) is 10.6. The summed E-state index contributed by atoms with van der Waals surface area (Å²) in [5.41, 5.74) is 4.96. The highest BCUT2D eigenvalue weighted by Crippen LogP contribution is 2.30. The Bertz CT molecular complexity index is 999. The molecule has 30 heavy (non-hydrogen) atoms. The number of carbonyl (C=O) groups excluding carboxylic acids is 1. The van der Waals surface area contributed by atoms with Gasteiger partial charge in [0.05, 0.1) is 7.85 Å². The van der Waals surface area contributed by atoms with Crippen LogP contribution < -0.4 is 0 Å². The standard InChI is InChI=1S/C27H28BFO/c1-4-5-6-7-19-8-10-20(11-9-19)23-16-17-24(25(29)18-23)21-12-14-22(15-13-21)26(30)27(2,3)28/h8-18H,4-7H2,1-3H3. The van der Waals surface area contributed by atoms with Gasteiger partial charge in [-0.2, -0.15) is 0 Å². The molecule has 0 atom stereocenters. The molecule has 3 heteroatoms. The van der Waals surface area contributed by atoms with Crippen molar-refractivity contribution in [1.82, 2.24) is 0 Å². The fourth-order valence-electron chi connectivity index (χ4n) is 3.54. The van der Waals surface area contributed by atoms with Crippen LogP contribution in [0.25, 0.3) is 22.3 Å². The molecule has 0 N–H and O–H groups in total. The summed E-state index contributed by atoms with van der Waals surface area (Å²) in [5.74, 6) is -0.416. The van der Waals surface area contributed by atoms with Crippen LogP contribution in [0.15, 0.2) is 66.7 Å². The molecule has 0 bridgehead atoms. The van der Waals surface area contributed by atoms with Gasteiger partial charge in [-0.05, 0) is 46.5 Å². The maximum Gasteiger partial charge on any atom is 0.159 e. The topological polar surface area (TPSA) is 17.1 Å². The summed E-state index contributed by atoms with van der Waals surface area (Å²) in [6.45, 7) is 5.56. The van der Waals surface area contributed by atoms with E-state index in [1.807, 2.05) is 6.07 Å². The largest absolute Gasteiger partial charge is 0.294 e. The van der Waals surface area contributed by atoms with Gasteiger partial charge in [-0.25, -0.2) is 4.39 Å². The van der Waals surface area contributed by atoms with Gasteiger partial charge in [0.25, 0.3) is 0 Å². The highest BCUT2D eigenvalue weighted by atomic mass is 19.1. The van der Waals surface area contributed by atoms with Gasteiger partial charge in [0.15, 0.2) is 5.78 Å². The third-order valence-electron chi connectivity index (χ3n) is 5.37. The first kappa shape index (κ1) is 22.0. The number of hydrogen-bond acceptors (Lipinski definition) is 1. The fraction of sp³-hybridized carbons (Fsp3) is 0.296. The fourth-order valence-corrected chi connectivity index (χ4v) is 3.54. The zero-order valence-electron chi connectivity index (χ0n) is 18.0. The third-order valence-corrected chi connectivity index (χ3v) is 5.37. The molecular weight excluding hydrogens is 370 g/mol. The van der Waals surface area contributed by atoms with E-state index < -0.39 is 5.31 Å². The molecule has 152 valence electrons. The first-order valence-electron chi connectivity index (χ1n) is 10.6. The van der Waals surface area contributed by atoms with E-state index in [1.165, 1.54) is 24.8 Å². The summed E-state index contributed by atoms with van der Waals surface area (Å²) < 4.78 is 14.9.